The number of carbonyl (C=O) groups is 2. The average Bonchev–Trinajstić information content (AvgIpc) is 3.24. The van der Waals surface area contributed by atoms with Crippen LogP contribution in [-0.4, -0.2) is 42.4 Å². The van der Waals surface area contributed by atoms with Crippen molar-refractivity contribution in [3.8, 4) is 5.75 Å². The molecule has 30 heavy (non-hydrogen) atoms. The Hall–Kier alpha value is -2.38. The lowest BCUT2D eigenvalue weighted by Gasteiger charge is -2.21. The molecule has 2 rings (SSSR count). The van der Waals surface area contributed by atoms with E-state index in [0.29, 0.717) is 19.1 Å². The standard InChI is InChI=1S/C23H34N2O5/c1-17(2)16-21(23(27)30-20-6-3-4-7-20)24-14-5-15-29-19-11-8-18(9-12-19)10-13-22(26)25-28/h8-13,17,20-21,24,28H,3-7,14-16H2,1-2H3,(H,25,26)/t21-/m0/s1. The van der Waals surface area contributed by atoms with Crippen molar-refractivity contribution < 1.29 is 24.3 Å². The maximum absolute atomic E-state index is 12.5. The van der Waals surface area contributed by atoms with Gasteiger partial charge in [0.1, 0.15) is 17.9 Å². The van der Waals surface area contributed by atoms with Gasteiger partial charge in [0.15, 0.2) is 0 Å². The van der Waals surface area contributed by atoms with Gasteiger partial charge in [-0.25, -0.2) is 5.48 Å². The van der Waals surface area contributed by atoms with Crippen molar-refractivity contribution >= 4 is 18.0 Å². The number of amides is 1. The largest absolute Gasteiger partial charge is 0.494 e. The number of hydrogen-bond donors (Lipinski definition) is 3. The molecule has 0 spiro atoms. The van der Waals surface area contributed by atoms with E-state index in [4.69, 9.17) is 14.7 Å². The molecular formula is C23H34N2O5. The molecule has 3 N–H and O–H groups in total. The van der Waals surface area contributed by atoms with E-state index >= 15 is 0 Å². The van der Waals surface area contributed by atoms with E-state index in [0.717, 1.165) is 49.8 Å². The van der Waals surface area contributed by atoms with Crippen LogP contribution in [0.2, 0.25) is 0 Å². The van der Waals surface area contributed by atoms with Gasteiger partial charge in [0, 0.05) is 6.08 Å². The molecule has 0 radical (unpaired) electrons. The Labute approximate surface area is 178 Å². The van der Waals surface area contributed by atoms with Gasteiger partial charge >= 0.3 is 5.97 Å². The van der Waals surface area contributed by atoms with Crippen molar-refractivity contribution in [2.24, 2.45) is 5.92 Å². The predicted octanol–water partition coefficient (Wildman–Crippen LogP) is 3.46. The number of esters is 1. The number of carbonyl (C=O) groups excluding carboxylic acids is 2. The average molecular weight is 419 g/mol. The fourth-order valence-corrected chi connectivity index (χ4v) is 3.41. The molecule has 7 heteroatoms. The van der Waals surface area contributed by atoms with Gasteiger partial charge in [0.25, 0.3) is 5.91 Å². The van der Waals surface area contributed by atoms with Gasteiger partial charge in [0.05, 0.1) is 6.61 Å². The van der Waals surface area contributed by atoms with Crippen LogP contribution in [0.1, 0.15) is 57.9 Å². The minimum absolute atomic E-state index is 0.0909. The number of rotatable bonds is 12. The predicted molar refractivity (Wildman–Crippen MR) is 115 cm³/mol. The zero-order chi connectivity index (χ0) is 21.8. The summed E-state index contributed by atoms with van der Waals surface area (Å²) in [5.41, 5.74) is 2.37. The Balaban J connectivity index is 1.70. The Kier molecular flexibility index (Phi) is 10.4. The second-order valence-electron chi connectivity index (χ2n) is 8.06. The van der Waals surface area contributed by atoms with Gasteiger partial charge in [-0.15, -0.1) is 0 Å². The smallest absolute Gasteiger partial charge is 0.323 e. The van der Waals surface area contributed by atoms with Crippen LogP contribution in [-0.2, 0) is 14.3 Å². The van der Waals surface area contributed by atoms with Crippen LogP contribution in [0.25, 0.3) is 6.08 Å². The van der Waals surface area contributed by atoms with E-state index in [-0.39, 0.29) is 18.1 Å². The lowest BCUT2D eigenvalue weighted by Crippen LogP contribution is -2.41. The maximum atomic E-state index is 12.5. The zero-order valence-electron chi connectivity index (χ0n) is 17.9. The minimum Gasteiger partial charge on any atom is -0.494 e. The van der Waals surface area contributed by atoms with Gasteiger partial charge in [-0.05, 0) is 74.8 Å². The lowest BCUT2D eigenvalue weighted by molar-refractivity contribution is -0.151. The molecule has 1 fully saturated rings. The molecule has 1 aliphatic rings. The van der Waals surface area contributed by atoms with Crippen LogP contribution < -0.4 is 15.5 Å². The highest BCUT2D eigenvalue weighted by molar-refractivity contribution is 5.90. The molecule has 0 heterocycles. The summed E-state index contributed by atoms with van der Waals surface area (Å²) in [7, 11) is 0. The molecular weight excluding hydrogens is 384 g/mol. The van der Waals surface area contributed by atoms with Crippen molar-refractivity contribution in [1.29, 1.82) is 0 Å². The van der Waals surface area contributed by atoms with Crippen LogP contribution >= 0.6 is 0 Å². The number of hydrogen-bond acceptors (Lipinski definition) is 6. The zero-order valence-corrected chi connectivity index (χ0v) is 17.9. The van der Waals surface area contributed by atoms with E-state index in [1.165, 1.54) is 6.08 Å². The third kappa shape index (κ3) is 8.97. The van der Waals surface area contributed by atoms with Crippen molar-refractivity contribution in [2.75, 3.05) is 13.2 Å². The van der Waals surface area contributed by atoms with Crippen LogP contribution in [0.15, 0.2) is 30.3 Å². The van der Waals surface area contributed by atoms with Crippen LogP contribution in [0.3, 0.4) is 0 Å². The lowest BCUT2D eigenvalue weighted by atomic mass is 10.0. The number of ether oxygens (including phenoxy) is 2. The Morgan fingerprint density at radius 3 is 2.53 bits per heavy atom. The van der Waals surface area contributed by atoms with Crippen molar-refractivity contribution in [3.05, 3.63) is 35.9 Å². The highest BCUT2D eigenvalue weighted by Gasteiger charge is 2.25. The fraction of sp³-hybridized carbons (Fsp3) is 0.565. The topological polar surface area (TPSA) is 96.9 Å². The van der Waals surface area contributed by atoms with Gasteiger partial charge < -0.3 is 14.8 Å². The normalized spacial score (nSPS) is 15.5. The SMILES string of the molecule is CC(C)C[C@H](NCCCOc1ccc(C=CC(=O)NO)cc1)C(=O)OC1CCCC1. The summed E-state index contributed by atoms with van der Waals surface area (Å²) in [6.45, 7) is 5.42. The first-order valence-electron chi connectivity index (χ1n) is 10.8. The highest BCUT2D eigenvalue weighted by atomic mass is 16.5. The van der Waals surface area contributed by atoms with E-state index in [2.05, 4.69) is 19.2 Å². The number of hydroxylamine groups is 1. The van der Waals surface area contributed by atoms with Crippen molar-refractivity contribution in [3.63, 3.8) is 0 Å². The summed E-state index contributed by atoms with van der Waals surface area (Å²) >= 11 is 0. The fourth-order valence-electron chi connectivity index (χ4n) is 3.41. The molecule has 1 saturated carbocycles. The second kappa shape index (κ2) is 13.0. The van der Waals surface area contributed by atoms with Gasteiger partial charge in [0.2, 0.25) is 0 Å². The monoisotopic (exact) mass is 418 g/mol. The summed E-state index contributed by atoms with van der Waals surface area (Å²) in [5.74, 6) is 0.435. The Morgan fingerprint density at radius 1 is 1.20 bits per heavy atom. The van der Waals surface area contributed by atoms with Crippen LogP contribution in [0.5, 0.6) is 5.75 Å². The Morgan fingerprint density at radius 2 is 1.90 bits per heavy atom. The van der Waals surface area contributed by atoms with Crippen molar-refractivity contribution in [1.82, 2.24) is 10.8 Å². The summed E-state index contributed by atoms with van der Waals surface area (Å²) in [5, 5.41) is 11.8. The first-order valence-corrected chi connectivity index (χ1v) is 10.8. The number of benzene rings is 1. The minimum atomic E-state index is -0.578. The molecule has 1 amide bonds. The molecule has 1 atom stereocenters. The second-order valence-corrected chi connectivity index (χ2v) is 8.06. The van der Waals surface area contributed by atoms with Crippen LogP contribution in [0, 0.1) is 5.92 Å². The van der Waals surface area contributed by atoms with Gasteiger partial charge in [-0.2, -0.15) is 0 Å². The third-order valence-electron chi connectivity index (χ3n) is 4.97. The summed E-state index contributed by atoms with van der Waals surface area (Å²) in [4.78, 5) is 23.5. The molecule has 1 aromatic carbocycles. The molecule has 1 aromatic rings. The first kappa shape index (κ1) is 23.9. The maximum Gasteiger partial charge on any atom is 0.323 e. The van der Waals surface area contributed by atoms with Gasteiger partial charge in [-0.1, -0.05) is 26.0 Å². The quantitative estimate of drug-likeness (QED) is 0.158. The van der Waals surface area contributed by atoms with E-state index < -0.39 is 5.91 Å². The molecule has 166 valence electrons. The molecule has 0 aromatic heterocycles. The van der Waals surface area contributed by atoms with Crippen molar-refractivity contribution in [2.45, 2.75) is 64.5 Å². The molecule has 0 aliphatic heterocycles. The molecule has 1 aliphatic carbocycles. The summed E-state index contributed by atoms with van der Waals surface area (Å²) in [6, 6.07) is 7.03. The number of nitrogens with one attached hydrogen (secondary N) is 2. The Bertz CT molecular complexity index is 681. The molecule has 0 saturated heterocycles. The van der Waals surface area contributed by atoms with Crippen LogP contribution in [0.4, 0.5) is 0 Å². The molecule has 7 nitrogen and oxygen atoms in total. The molecule has 0 unspecified atom stereocenters. The summed E-state index contributed by atoms with van der Waals surface area (Å²) < 4.78 is 11.4. The highest BCUT2D eigenvalue weighted by Crippen LogP contribution is 2.22. The molecule has 0 bridgehead atoms. The van der Waals surface area contributed by atoms with E-state index in [1.54, 1.807) is 11.6 Å². The van der Waals surface area contributed by atoms with Gasteiger partial charge in [-0.3, -0.25) is 14.8 Å². The van der Waals surface area contributed by atoms with E-state index in [1.807, 2.05) is 24.3 Å². The van der Waals surface area contributed by atoms with E-state index in [9.17, 15) is 9.59 Å². The first-order chi connectivity index (χ1) is 14.5. The summed E-state index contributed by atoms with van der Waals surface area (Å²) in [6.07, 6.45) is 8.71. The third-order valence-corrected chi connectivity index (χ3v) is 4.97.